The van der Waals surface area contributed by atoms with Gasteiger partial charge in [0.05, 0.1) is 11.1 Å². The molecule has 3 N–H and O–H groups in total. The summed E-state index contributed by atoms with van der Waals surface area (Å²) in [7, 11) is 0. The normalized spacial score (nSPS) is 14.4. The first-order valence-electron chi connectivity index (χ1n) is 8.63. The van der Waals surface area contributed by atoms with E-state index < -0.39 is 5.97 Å². The summed E-state index contributed by atoms with van der Waals surface area (Å²) in [6.07, 6.45) is 5.88. The Bertz CT molecular complexity index is 1010. The highest BCUT2D eigenvalue weighted by Gasteiger charge is 2.17. The summed E-state index contributed by atoms with van der Waals surface area (Å²) in [5.74, 6) is -0.584. The number of nitrogens with one attached hydrogen (secondary N) is 2. The minimum absolute atomic E-state index is 0.221. The smallest absolute Gasteiger partial charge is 0.345 e. The number of carboxylic acids is 1. The largest absolute Gasteiger partial charge is 0.477 e. The van der Waals surface area contributed by atoms with Gasteiger partial charge < -0.3 is 10.4 Å². The fraction of sp³-hybridized carbons (Fsp3) is 0.278. The lowest BCUT2D eigenvalue weighted by Crippen LogP contribution is -2.36. The third-order valence-electron chi connectivity index (χ3n) is 4.41. The van der Waals surface area contributed by atoms with Crippen LogP contribution in [-0.2, 0) is 0 Å². The van der Waals surface area contributed by atoms with E-state index in [0.717, 1.165) is 37.0 Å². The number of carbonyl (C=O) groups is 2. The van der Waals surface area contributed by atoms with Gasteiger partial charge in [-0.25, -0.2) is 19.6 Å². The van der Waals surface area contributed by atoms with Crippen molar-refractivity contribution < 1.29 is 14.7 Å². The Kier molecular flexibility index (Phi) is 4.68. The maximum Gasteiger partial charge on any atom is 0.345 e. The monoisotopic (exact) mass is 383 g/mol. The van der Waals surface area contributed by atoms with E-state index in [0.29, 0.717) is 27.6 Å². The van der Waals surface area contributed by atoms with Crippen LogP contribution in [0.5, 0.6) is 0 Å². The Morgan fingerprint density at radius 2 is 1.93 bits per heavy atom. The standard InChI is InChI=1S/C18H17N5O3S/c24-17(25)14-7-6-13(27-14)12-9-19-11-5-8-15(22-16(11)21-12)23-18(26)20-10-3-1-2-4-10/h5-10H,1-4H2,(H,24,25)(H2,20,21,22,23,26). The quantitative estimate of drug-likeness (QED) is 0.635. The van der Waals surface area contributed by atoms with Gasteiger partial charge >= 0.3 is 12.0 Å². The molecule has 0 spiro atoms. The van der Waals surface area contributed by atoms with E-state index in [2.05, 4.69) is 25.6 Å². The molecule has 0 aliphatic heterocycles. The van der Waals surface area contributed by atoms with Crippen molar-refractivity contribution in [3.05, 3.63) is 35.3 Å². The van der Waals surface area contributed by atoms with E-state index in [9.17, 15) is 9.59 Å². The fourth-order valence-corrected chi connectivity index (χ4v) is 3.88. The number of carboxylic acid groups (broad SMARTS) is 1. The van der Waals surface area contributed by atoms with Crippen molar-refractivity contribution in [2.45, 2.75) is 31.7 Å². The highest BCUT2D eigenvalue weighted by molar-refractivity contribution is 7.17. The first kappa shape index (κ1) is 17.3. The molecule has 0 radical (unpaired) electrons. The summed E-state index contributed by atoms with van der Waals surface area (Å²) in [5, 5.41) is 14.7. The number of rotatable bonds is 4. The summed E-state index contributed by atoms with van der Waals surface area (Å²) in [5.41, 5.74) is 1.52. The SMILES string of the molecule is O=C(Nc1ccc2ncc(-c3ccc(C(=O)O)s3)nc2n1)NC1CCCC1. The second-order valence-electron chi connectivity index (χ2n) is 6.34. The number of aromatic carboxylic acids is 1. The number of hydrogen-bond donors (Lipinski definition) is 3. The number of nitrogens with zero attached hydrogens (tertiary/aromatic N) is 3. The number of urea groups is 1. The Balaban J connectivity index is 1.55. The van der Waals surface area contributed by atoms with Gasteiger partial charge in [0.15, 0.2) is 5.65 Å². The zero-order valence-corrected chi connectivity index (χ0v) is 15.1. The van der Waals surface area contributed by atoms with Gasteiger partial charge in [0, 0.05) is 6.04 Å². The highest BCUT2D eigenvalue weighted by atomic mass is 32.1. The molecule has 1 saturated carbocycles. The van der Waals surface area contributed by atoms with E-state index in [1.807, 2.05) is 0 Å². The molecule has 1 aliphatic carbocycles. The molecule has 9 heteroatoms. The molecule has 8 nitrogen and oxygen atoms in total. The zero-order chi connectivity index (χ0) is 18.8. The minimum Gasteiger partial charge on any atom is -0.477 e. The van der Waals surface area contributed by atoms with E-state index in [1.54, 1.807) is 24.4 Å². The lowest BCUT2D eigenvalue weighted by molar-refractivity contribution is 0.0702. The Labute approximate surface area is 158 Å². The molecule has 3 aromatic heterocycles. The molecule has 1 aliphatic rings. The molecular formula is C18H17N5O3S. The molecule has 0 bridgehead atoms. The lowest BCUT2D eigenvalue weighted by atomic mass is 10.2. The first-order valence-corrected chi connectivity index (χ1v) is 9.45. The number of fused-ring (bicyclic) bond motifs is 1. The van der Waals surface area contributed by atoms with Gasteiger partial charge in [-0.2, -0.15) is 0 Å². The van der Waals surface area contributed by atoms with Gasteiger partial charge in [0.1, 0.15) is 21.9 Å². The molecule has 0 aromatic carbocycles. The van der Waals surface area contributed by atoms with Crippen LogP contribution >= 0.6 is 11.3 Å². The van der Waals surface area contributed by atoms with Crippen molar-refractivity contribution in [2.75, 3.05) is 5.32 Å². The molecule has 3 heterocycles. The number of anilines is 1. The maximum absolute atomic E-state index is 12.1. The van der Waals surface area contributed by atoms with Gasteiger partial charge in [-0.15, -0.1) is 11.3 Å². The van der Waals surface area contributed by atoms with Crippen LogP contribution in [-0.4, -0.2) is 38.1 Å². The van der Waals surface area contributed by atoms with E-state index in [1.165, 1.54) is 6.07 Å². The number of pyridine rings is 1. The molecule has 0 atom stereocenters. The van der Waals surface area contributed by atoms with Crippen LogP contribution in [0, 0.1) is 0 Å². The molecule has 0 unspecified atom stereocenters. The molecule has 2 amide bonds. The molecule has 1 fully saturated rings. The fourth-order valence-electron chi connectivity index (χ4n) is 3.08. The van der Waals surface area contributed by atoms with Gasteiger partial charge in [-0.05, 0) is 37.1 Å². The highest BCUT2D eigenvalue weighted by Crippen LogP contribution is 2.27. The predicted octanol–water partition coefficient (Wildman–Crippen LogP) is 3.52. The summed E-state index contributed by atoms with van der Waals surface area (Å²) in [6.45, 7) is 0. The second-order valence-corrected chi connectivity index (χ2v) is 7.43. The molecule has 4 rings (SSSR count). The summed E-state index contributed by atoms with van der Waals surface area (Å²) in [6, 6.07) is 6.59. The molecule has 3 aromatic rings. The van der Waals surface area contributed by atoms with Gasteiger partial charge in [-0.3, -0.25) is 10.3 Å². The average molecular weight is 383 g/mol. The Morgan fingerprint density at radius 3 is 2.67 bits per heavy atom. The number of thiophene rings is 1. The Morgan fingerprint density at radius 1 is 1.11 bits per heavy atom. The van der Waals surface area contributed by atoms with Crippen LogP contribution in [0.3, 0.4) is 0 Å². The van der Waals surface area contributed by atoms with Crippen LogP contribution in [0.2, 0.25) is 0 Å². The number of amides is 2. The molecule has 138 valence electrons. The number of aromatic nitrogens is 3. The van der Waals surface area contributed by atoms with Crippen molar-refractivity contribution in [3.63, 3.8) is 0 Å². The van der Waals surface area contributed by atoms with Crippen molar-refractivity contribution in [1.29, 1.82) is 0 Å². The van der Waals surface area contributed by atoms with Crippen molar-refractivity contribution in [3.8, 4) is 10.6 Å². The summed E-state index contributed by atoms with van der Waals surface area (Å²) < 4.78 is 0. The molecule has 0 saturated heterocycles. The number of carbonyl (C=O) groups excluding carboxylic acids is 1. The van der Waals surface area contributed by atoms with Gasteiger partial charge in [0.2, 0.25) is 0 Å². The topological polar surface area (TPSA) is 117 Å². The Hall–Kier alpha value is -3.07. The van der Waals surface area contributed by atoms with Crippen molar-refractivity contribution >= 4 is 40.3 Å². The van der Waals surface area contributed by atoms with Crippen LogP contribution in [0.25, 0.3) is 21.7 Å². The molecular weight excluding hydrogens is 366 g/mol. The number of hydrogen-bond acceptors (Lipinski definition) is 6. The van der Waals surface area contributed by atoms with E-state index in [4.69, 9.17) is 5.11 Å². The van der Waals surface area contributed by atoms with Crippen molar-refractivity contribution in [1.82, 2.24) is 20.3 Å². The van der Waals surface area contributed by atoms with Gasteiger partial charge in [-0.1, -0.05) is 12.8 Å². The summed E-state index contributed by atoms with van der Waals surface area (Å²) in [4.78, 5) is 37.2. The zero-order valence-electron chi connectivity index (χ0n) is 14.3. The van der Waals surface area contributed by atoms with Crippen LogP contribution in [0.4, 0.5) is 10.6 Å². The molecule has 27 heavy (non-hydrogen) atoms. The predicted molar refractivity (Wildman–Crippen MR) is 102 cm³/mol. The van der Waals surface area contributed by atoms with Gasteiger partial charge in [0.25, 0.3) is 0 Å². The van der Waals surface area contributed by atoms with E-state index >= 15 is 0 Å². The van der Waals surface area contributed by atoms with Crippen LogP contribution < -0.4 is 10.6 Å². The maximum atomic E-state index is 12.1. The second kappa shape index (κ2) is 7.28. The third kappa shape index (κ3) is 3.87. The third-order valence-corrected chi connectivity index (χ3v) is 5.50. The van der Waals surface area contributed by atoms with Crippen LogP contribution in [0.1, 0.15) is 35.4 Å². The lowest BCUT2D eigenvalue weighted by Gasteiger charge is -2.12. The van der Waals surface area contributed by atoms with Crippen LogP contribution in [0.15, 0.2) is 30.5 Å². The first-order chi connectivity index (χ1) is 13.1. The summed E-state index contributed by atoms with van der Waals surface area (Å²) >= 11 is 1.13. The van der Waals surface area contributed by atoms with Crippen molar-refractivity contribution in [2.24, 2.45) is 0 Å². The van der Waals surface area contributed by atoms with E-state index in [-0.39, 0.29) is 17.0 Å². The average Bonchev–Trinajstić information content (AvgIpc) is 3.33. The minimum atomic E-state index is -0.974.